The van der Waals surface area contributed by atoms with Gasteiger partial charge < -0.3 is 4.90 Å². The number of amidine groups is 1. The zero-order valence-corrected chi connectivity index (χ0v) is 14.5. The molecule has 23 heavy (non-hydrogen) atoms. The van der Waals surface area contributed by atoms with Crippen LogP contribution in [0.25, 0.3) is 0 Å². The topological polar surface area (TPSA) is 28.5 Å². The smallest absolute Gasteiger partial charge is 0.160 e. The molecular formula is C18H18ClN3S. The number of nitrogens with zero attached hydrogens (tertiary/aromatic N) is 3. The zero-order valence-electron chi connectivity index (χ0n) is 12.9. The van der Waals surface area contributed by atoms with Crippen molar-refractivity contribution >= 4 is 28.5 Å². The molecule has 3 nitrogen and oxygen atoms in total. The molecule has 118 valence electrons. The fourth-order valence-corrected chi connectivity index (χ4v) is 4.99. The molecule has 0 spiro atoms. The van der Waals surface area contributed by atoms with E-state index >= 15 is 0 Å². The van der Waals surface area contributed by atoms with Gasteiger partial charge in [0, 0.05) is 23.0 Å². The molecule has 0 aliphatic carbocycles. The predicted octanol–water partition coefficient (Wildman–Crippen LogP) is 4.71. The molecule has 2 aliphatic heterocycles. The maximum absolute atomic E-state index is 6.53. The minimum Gasteiger partial charge on any atom is -0.338 e. The standard InChI is InChI=1S/C18H18ClN3S/c1-2-12-11-23-18-21-16(15-9-5-6-10-20-15)17(22(12)18)13-7-3-4-8-14(13)19/h3-10,12,16-17H,2,11H2,1H3/t12-,16-,17+/m1/s1. The normalized spacial score (nSPS) is 26.3. The molecule has 0 amide bonds. The number of hydrogen-bond donors (Lipinski definition) is 0. The third-order valence-corrected chi connectivity index (χ3v) is 6.02. The van der Waals surface area contributed by atoms with Crippen LogP contribution in [0, 0.1) is 0 Å². The molecule has 3 atom stereocenters. The van der Waals surface area contributed by atoms with Gasteiger partial charge in [-0.1, -0.05) is 54.6 Å². The predicted molar refractivity (Wildman–Crippen MR) is 97.0 cm³/mol. The van der Waals surface area contributed by atoms with Gasteiger partial charge in [0.15, 0.2) is 5.17 Å². The molecule has 4 rings (SSSR count). The minimum absolute atomic E-state index is 0.00736. The summed E-state index contributed by atoms with van der Waals surface area (Å²) in [6.45, 7) is 2.24. The maximum Gasteiger partial charge on any atom is 0.160 e. The van der Waals surface area contributed by atoms with Gasteiger partial charge in [-0.25, -0.2) is 0 Å². The third kappa shape index (κ3) is 2.54. The fourth-order valence-electron chi connectivity index (χ4n) is 3.40. The van der Waals surface area contributed by atoms with Crippen LogP contribution in [0.2, 0.25) is 5.02 Å². The Hall–Kier alpha value is -1.52. The first-order valence-electron chi connectivity index (χ1n) is 7.94. The number of halogens is 1. The van der Waals surface area contributed by atoms with Crippen molar-refractivity contribution in [3.8, 4) is 0 Å². The Kier molecular flexibility index (Phi) is 4.04. The number of benzene rings is 1. The van der Waals surface area contributed by atoms with Crippen molar-refractivity contribution < 1.29 is 0 Å². The number of hydrogen-bond acceptors (Lipinski definition) is 4. The summed E-state index contributed by atoms with van der Waals surface area (Å²) in [5, 5.41) is 1.94. The van der Waals surface area contributed by atoms with E-state index < -0.39 is 0 Å². The highest BCUT2D eigenvalue weighted by Crippen LogP contribution is 2.49. The Morgan fingerprint density at radius 2 is 2.04 bits per heavy atom. The highest BCUT2D eigenvalue weighted by molar-refractivity contribution is 8.14. The van der Waals surface area contributed by atoms with E-state index in [1.165, 1.54) is 0 Å². The quantitative estimate of drug-likeness (QED) is 0.807. The van der Waals surface area contributed by atoms with Gasteiger partial charge in [0.1, 0.15) is 6.04 Å². The summed E-state index contributed by atoms with van der Waals surface area (Å²) >= 11 is 8.39. The molecule has 0 bridgehead atoms. The van der Waals surface area contributed by atoms with Gasteiger partial charge in [0.25, 0.3) is 0 Å². The summed E-state index contributed by atoms with van der Waals surface area (Å²) in [5.74, 6) is 1.10. The molecule has 0 unspecified atom stereocenters. The number of aromatic nitrogens is 1. The lowest BCUT2D eigenvalue weighted by atomic mass is 9.95. The highest BCUT2D eigenvalue weighted by Gasteiger charge is 2.45. The van der Waals surface area contributed by atoms with Crippen LogP contribution < -0.4 is 0 Å². The fraction of sp³-hybridized carbons (Fsp3) is 0.333. The van der Waals surface area contributed by atoms with E-state index in [1.807, 2.05) is 42.2 Å². The Morgan fingerprint density at radius 1 is 1.22 bits per heavy atom. The van der Waals surface area contributed by atoms with Gasteiger partial charge >= 0.3 is 0 Å². The summed E-state index contributed by atoms with van der Waals surface area (Å²) in [7, 11) is 0. The van der Waals surface area contributed by atoms with Crippen LogP contribution >= 0.6 is 23.4 Å². The molecule has 5 heteroatoms. The molecular weight excluding hydrogens is 326 g/mol. The summed E-state index contributed by atoms with van der Waals surface area (Å²) in [4.78, 5) is 12.0. The van der Waals surface area contributed by atoms with E-state index in [2.05, 4.69) is 35.0 Å². The average Bonchev–Trinajstić information content (AvgIpc) is 3.15. The minimum atomic E-state index is 0.00736. The summed E-state index contributed by atoms with van der Waals surface area (Å²) in [6.07, 6.45) is 2.95. The molecule has 0 radical (unpaired) electrons. The Morgan fingerprint density at radius 3 is 2.78 bits per heavy atom. The average molecular weight is 344 g/mol. The van der Waals surface area contributed by atoms with Gasteiger partial charge in [0.05, 0.1) is 11.7 Å². The van der Waals surface area contributed by atoms with Crippen LogP contribution in [-0.2, 0) is 0 Å². The third-order valence-electron chi connectivity index (χ3n) is 4.55. The first-order valence-corrected chi connectivity index (χ1v) is 9.30. The van der Waals surface area contributed by atoms with Crippen molar-refractivity contribution in [3.05, 3.63) is 64.9 Å². The van der Waals surface area contributed by atoms with E-state index in [9.17, 15) is 0 Å². The van der Waals surface area contributed by atoms with Crippen LogP contribution in [0.5, 0.6) is 0 Å². The number of thioether (sulfide) groups is 1. The second kappa shape index (κ2) is 6.17. The SMILES string of the molecule is CC[C@@H]1CSC2=N[C@H](c3ccccn3)[C@H](c3ccccc3Cl)N21. The van der Waals surface area contributed by atoms with E-state index in [-0.39, 0.29) is 12.1 Å². The first kappa shape index (κ1) is 15.0. The van der Waals surface area contributed by atoms with Crippen molar-refractivity contribution in [2.24, 2.45) is 4.99 Å². The van der Waals surface area contributed by atoms with Crippen LogP contribution in [0.4, 0.5) is 0 Å². The Balaban J connectivity index is 1.82. The van der Waals surface area contributed by atoms with Gasteiger partial charge in [-0.2, -0.15) is 0 Å². The van der Waals surface area contributed by atoms with Crippen LogP contribution in [0.1, 0.15) is 36.7 Å². The van der Waals surface area contributed by atoms with Crippen molar-refractivity contribution in [3.63, 3.8) is 0 Å². The van der Waals surface area contributed by atoms with Crippen LogP contribution in [-0.4, -0.2) is 26.8 Å². The van der Waals surface area contributed by atoms with Crippen LogP contribution in [0.3, 0.4) is 0 Å². The maximum atomic E-state index is 6.53. The van der Waals surface area contributed by atoms with Gasteiger partial charge in [-0.3, -0.25) is 9.98 Å². The van der Waals surface area contributed by atoms with E-state index in [0.717, 1.165) is 33.6 Å². The molecule has 1 saturated heterocycles. The Bertz CT molecular complexity index is 734. The molecule has 3 heterocycles. The Labute approximate surface area is 145 Å². The van der Waals surface area contributed by atoms with Gasteiger partial charge in [-0.05, 0) is 30.2 Å². The zero-order chi connectivity index (χ0) is 15.8. The van der Waals surface area contributed by atoms with Crippen molar-refractivity contribution in [2.45, 2.75) is 31.5 Å². The molecule has 1 aromatic carbocycles. The van der Waals surface area contributed by atoms with E-state index in [0.29, 0.717) is 6.04 Å². The molecule has 0 N–H and O–H groups in total. The number of rotatable bonds is 3. The van der Waals surface area contributed by atoms with Gasteiger partial charge in [0.2, 0.25) is 0 Å². The number of aliphatic imine (C=N–C) groups is 1. The monoisotopic (exact) mass is 343 g/mol. The molecule has 1 aromatic heterocycles. The molecule has 1 fully saturated rings. The van der Waals surface area contributed by atoms with Crippen LogP contribution in [0.15, 0.2) is 53.7 Å². The molecule has 0 saturated carbocycles. The largest absolute Gasteiger partial charge is 0.338 e. The molecule has 2 aromatic rings. The number of pyridine rings is 1. The summed E-state index contributed by atoms with van der Waals surface area (Å²) < 4.78 is 0. The van der Waals surface area contributed by atoms with Crippen molar-refractivity contribution in [2.75, 3.05) is 5.75 Å². The van der Waals surface area contributed by atoms with Crippen molar-refractivity contribution in [1.29, 1.82) is 0 Å². The van der Waals surface area contributed by atoms with E-state index in [4.69, 9.17) is 16.6 Å². The summed E-state index contributed by atoms with van der Waals surface area (Å²) in [5.41, 5.74) is 2.15. The lowest BCUT2D eigenvalue weighted by Gasteiger charge is -2.32. The first-order chi connectivity index (χ1) is 11.3. The van der Waals surface area contributed by atoms with E-state index in [1.54, 1.807) is 0 Å². The van der Waals surface area contributed by atoms with Crippen molar-refractivity contribution in [1.82, 2.24) is 9.88 Å². The summed E-state index contributed by atoms with van der Waals surface area (Å²) in [6, 6.07) is 14.8. The second-order valence-electron chi connectivity index (χ2n) is 5.86. The molecule has 2 aliphatic rings. The lowest BCUT2D eigenvalue weighted by Crippen LogP contribution is -2.35. The number of fused-ring (bicyclic) bond motifs is 1. The lowest BCUT2D eigenvalue weighted by molar-refractivity contribution is 0.255. The van der Waals surface area contributed by atoms with Gasteiger partial charge in [-0.15, -0.1) is 0 Å². The highest BCUT2D eigenvalue weighted by atomic mass is 35.5. The second-order valence-corrected chi connectivity index (χ2v) is 7.25.